The van der Waals surface area contributed by atoms with E-state index in [9.17, 15) is 13.2 Å². The van der Waals surface area contributed by atoms with Crippen LogP contribution in [0.25, 0.3) is 0 Å². The standard InChI is InChI=1S/C10H12BrNO4S/c11-8-1-3-16-10(8)9(13)5-7-6-17(14,15)4-2-12-7/h1,3,7,12H,2,4-6H2. The maximum absolute atomic E-state index is 11.8. The molecule has 0 spiro atoms. The van der Waals surface area contributed by atoms with E-state index < -0.39 is 9.84 Å². The van der Waals surface area contributed by atoms with Crippen LogP contribution in [0.3, 0.4) is 0 Å². The zero-order valence-electron chi connectivity index (χ0n) is 8.98. The summed E-state index contributed by atoms with van der Waals surface area (Å²) in [6, 6.07) is 1.32. The first-order valence-corrected chi connectivity index (χ1v) is 7.79. The summed E-state index contributed by atoms with van der Waals surface area (Å²) in [6.07, 6.45) is 1.55. The van der Waals surface area contributed by atoms with Gasteiger partial charge >= 0.3 is 0 Å². The van der Waals surface area contributed by atoms with Gasteiger partial charge in [0.15, 0.2) is 15.6 Å². The Bertz CT molecular complexity index is 522. The highest BCUT2D eigenvalue weighted by Crippen LogP contribution is 2.20. The van der Waals surface area contributed by atoms with Gasteiger partial charge in [-0.15, -0.1) is 0 Å². The first-order valence-electron chi connectivity index (χ1n) is 5.18. The van der Waals surface area contributed by atoms with Crippen molar-refractivity contribution >= 4 is 31.6 Å². The van der Waals surface area contributed by atoms with Crippen molar-refractivity contribution in [3.05, 3.63) is 22.6 Å². The molecular formula is C10H12BrNO4S. The molecule has 0 radical (unpaired) electrons. The Morgan fingerprint density at radius 2 is 2.35 bits per heavy atom. The maximum atomic E-state index is 11.8. The fraction of sp³-hybridized carbons (Fsp3) is 0.500. The molecule has 1 aromatic rings. The molecule has 2 rings (SSSR count). The lowest BCUT2D eigenvalue weighted by molar-refractivity contribution is 0.0943. The first-order chi connectivity index (χ1) is 7.98. The van der Waals surface area contributed by atoms with Crippen molar-refractivity contribution < 1.29 is 17.6 Å². The predicted octanol–water partition coefficient (Wildman–Crippen LogP) is 1.00. The van der Waals surface area contributed by atoms with E-state index >= 15 is 0 Å². The van der Waals surface area contributed by atoms with Crippen LogP contribution in [0, 0.1) is 0 Å². The van der Waals surface area contributed by atoms with Crippen LogP contribution in [0.5, 0.6) is 0 Å². The number of ketones is 1. The van der Waals surface area contributed by atoms with Gasteiger partial charge in [-0.25, -0.2) is 8.42 Å². The lowest BCUT2D eigenvalue weighted by atomic mass is 10.1. The molecule has 1 atom stereocenters. The second-order valence-electron chi connectivity index (χ2n) is 3.99. The van der Waals surface area contributed by atoms with Gasteiger partial charge in [0.05, 0.1) is 22.2 Å². The summed E-state index contributed by atoms with van der Waals surface area (Å²) in [5.41, 5.74) is 0. The Balaban J connectivity index is 2.02. The Morgan fingerprint density at radius 3 is 2.94 bits per heavy atom. The van der Waals surface area contributed by atoms with Crippen molar-refractivity contribution in [3.8, 4) is 0 Å². The molecule has 1 unspecified atom stereocenters. The highest BCUT2D eigenvalue weighted by Gasteiger charge is 2.27. The molecule has 1 aliphatic rings. The van der Waals surface area contributed by atoms with E-state index in [1.54, 1.807) is 6.07 Å². The molecule has 94 valence electrons. The van der Waals surface area contributed by atoms with Crippen LogP contribution in [0.15, 0.2) is 21.2 Å². The summed E-state index contributed by atoms with van der Waals surface area (Å²) < 4.78 is 28.5. The van der Waals surface area contributed by atoms with Crippen LogP contribution in [-0.2, 0) is 9.84 Å². The molecule has 0 aliphatic carbocycles. The van der Waals surface area contributed by atoms with Crippen molar-refractivity contribution in [2.24, 2.45) is 0 Å². The van der Waals surface area contributed by atoms with Gasteiger partial charge in [-0.1, -0.05) is 0 Å². The number of rotatable bonds is 3. The minimum Gasteiger partial charge on any atom is -0.460 e. The third kappa shape index (κ3) is 3.17. The second kappa shape index (κ2) is 4.91. The summed E-state index contributed by atoms with van der Waals surface area (Å²) >= 11 is 3.20. The molecule has 0 bridgehead atoms. The van der Waals surface area contributed by atoms with Crippen LogP contribution >= 0.6 is 15.9 Å². The van der Waals surface area contributed by atoms with Gasteiger partial charge in [-0.05, 0) is 22.0 Å². The number of carbonyl (C=O) groups excluding carboxylic acids is 1. The number of nitrogens with one attached hydrogen (secondary N) is 1. The molecule has 1 fully saturated rings. The van der Waals surface area contributed by atoms with Gasteiger partial charge < -0.3 is 9.73 Å². The van der Waals surface area contributed by atoms with Crippen LogP contribution in [0.2, 0.25) is 0 Å². The molecule has 5 nitrogen and oxygen atoms in total. The van der Waals surface area contributed by atoms with Gasteiger partial charge in [-0.2, -0.15) is 0 Å². The van der Waals surface area contributed by atoms with E-state index in [1.807, 2.05) is 0 Å². The Kier molecular flexibility index (Phi) is 3.70. The van der Waals surface area contributed by atoms with E-state index in [4.69, 9.17) is 4.42 Å². The molecule has 7 heteroatoms. The number of sulfone groups is 1. The molecule has 0 aromatic carbocycles. The summed E-state index contributed by atoms with van der Waals surface area (Å²) in [5, 5.41) is 3.03. The molecule has 0 saturated carbocycles. The van der Waals surface area contributed by atoms with Gasteiger partial charge in [0.2, 0.25) is 5.78 Å². The zero-order valence-corrected chi connectivity index (χ0v) is 11.4. The quantitative estimate of drug-likeness (QED) is 0.840. The largest absolute Gasteiger partial charge is 0.460 e. The first kappa shape index (κ1) is 12.8. The van der Waals surface area contributed by atoms with Gasteiger partial charge in [0.1, 0.15) is 0 Å². The van der Waals surface area contributed by atoms with Crippen molar-refractivity contribution in [1.29, 1.82) is 0 Å². The lowest BCUT2D eigenvalue weighted by Gasteiger charge is -2.22. The molecule has 1 saturated heterocycles. The number of Topliss-reactive ketones (excluding diaryl/α,β-unsaturated/α-hetero) is 1. The number of halogens is 1. The van der Waals surface area contributed by atoms with E-state index in [-0.39, 0.29) is 35.5 Å². The van der Waals surface area contributed by atoms with Gasteiger partial charge in [0.25, 0.3) is 0 Å². The number of hydrogen-bond donors (Lipinski definition) is 1. The Morgan fingerprint density at radius 1 is 1.59 bits per heavy atom. The van der Waals surface area contributed by atoms with Crippen LogP contribution in [-0.4, -0.2) is 38.3 Å². The number of furan rings is 1. The predicted molar refractivity (Wildman–Crippen MR) is 65.8 cm³/mol. The fourth-order valence-corrected chi connectivity index (χ4v) is 3.67. The highest BCUT2D eigenvalue weighted by atomic mass is 79.9. The minimum atomic E-state index is -3.01. The van der Waals surface area contributed by atoms with Gasteiger partial charge in [0, 0.05) is 19.0 Å². The average molecular weight is 322 g/mol. The van der Waals surface area contributed by atoms with Crippen LogP contribution in [0.4, 0.5) is 0 Å². The third-order valence-corrected chi connectivity index (χ3v) is 4.96. The maximum Gasteiger partial charge on any atom is 0.200 e. The highest BCUT2D eigenvalue weighted by molar-refractivity contribution is 9.10. The van der Waals surface area contributed by atoms with E-state index in [1.165, 1.54) is 6.26 Å². The Labute approximate surface area is 108 Å². The summed E-state index contributed by atoms with van der Waals surface area (Å²) in [5.74, 6) is 0.199. The van der Waals surface area contributed by atoms with Crippen molar-refractivity contribution in [2.45, 2.75) is 12.5 Å². The van der Waals surface area contributed by atoms with E-state index in [0.717, 1.165) is 0 Å². The summed E-state index contributed by atoms with van der Waals surface area (Å²) in [6.45, 7) is 0.402. The number of carbonyl (C=O) groups is 1. The van der Waals surface area contributed by atoms with E-state index in [0.29, 0.717) is 11.0 Å². The fourth-order valence-electron chi connectivity index (χ4n) is 1.81. The lowest BCUT2D eigenvalue weighted by Crippen LogP contribution is -2.45. The van der Waals surface area contributed by atoms with Gasteiger partial charge in [-0.3, -0.25) is 4.79 Å². The van der Waals surface area contributed by atoms with Crippen molar-refractivity contribution in [1.82, 2.24) is 5.32 Å². The summed E-state index contributed by atoms with van der Waals surface area (Å²) in [7, 11) is -3.01. The smallest absolute Gasteiger partial charge is 0.200 e. The molecule has 1 aromatic heterocycles. The normalized spacial score (nSPS) is 23.5. The molecule has 0 amide bonds. The summed E-state index contributed by atoms with van der Waals surface area (Å²) in [4.78, 5) is 11.8. The molecule has 1 N–H and O–H groups in total. The molecule has 2 heterocycles. The van der Waals surface area contributed by atoms with Crippen LogP contribution in [0.1, 0.15) is 17.0 Å². The molecule has 1 aliphatic heterocycles. The monoisotopic (exact) mass is 321 g/mol. The number of hydrogen-bond acceptors (Lipinski definition) is 5. The Hall–Kier alpha value is -0.660. The SMILES string of the molecule is O=C(CC1CS(=O)(=O)CCN1)c1occc1Br. The van der Waals surface area contributed by atoms with Crippen molar-refractivity contribution in [3.63, 3.8) is 0 Å². The molecular weight excluding hydrogens is 310 g/mol. The third-order valence-electron chi connectivity index (χ3n) is 2.60. The minimum absolute atomic E-state index is 0.0110. The zero-order chi connectivity index (χ0) is 12.5. The second-order valence-corrected chi connectivity index (χ2v) is 7.07. The molecule has 17 heavy (non-hydrogen) atoms. The van der Waals surface area contributed by atoms with Crippen molar-refractivity contribution in [2.75, 3.05) is 18.1 Å². The average Bonchev–Trinajstić information content (AvgIpc) is 2.62. The topological polar surface area (TPSA) is 76.4 Å². The van der Waals surface area contributed by atoms with Crippen LogP contribution < -0.4 is 5.32 Å². The van der Waals surface area contributed by atoms with E-state index in [2.05, 4.69) is 21.2 Å².